The third-order valence-corrected chi connectivity index (χ3v) is 5.64. The lowest BCUT2D eigenvalue weighted by molar-refractivity contribution is -0.167. The first-order valence-electron chi connectivity index (χ1n) is 10.4. The Morgan fingerprint density at radius 1 is 1.22 bits per heavy atom. The van der Waals surface area contributed by atoms with Crippen LogP contribution in [0.15, 0.2) is 5.10 Å². The van der Waals surface area contributed by atoms with Gasteiger partial charge in [0.25, 0.3) is 0 Å². The lowest BCUT2D eigenvalue weighted by Gasteiger charge is -2.38. The van der Waals surface area contributed by atoms with Crippen molar-refractivity contribution in [2.75, 3.05) is 26.4 Å². The van der Waals surface area contributed by atoms with E-state index in [0.29, 0.717) is 26.2 Å². The van der Waals surface area contributed by atoms with E-state index in [-0.39, 0.29) is 30.0 Å². The van der Waals surface area contributed by atoms with Crippen LogP contribution >= 0.6 is 0 Å². The van der Waals surface area contributed by atoms with Gasteiger partial charge in [-0.05, 0) is 51.4 Å². The largest absolute Gasteiger partial charge is 0.466 e. The fourth-order valence-corrected chi connectivity index (χ4v) is 4.27. The van der Waals surface area contributed by atoms with Crippen molar-refractivity contribution in [3.05, 3.63) is 0 Å². The van der Waals surface area contributed by atoms with Gasteiger partial charge in [0, 0.05) is 31.1 Å². The first-order valence-corrected chi connectivity index (χ1v) is 10.4. The molecule has 0 aromatic heterocycles. The summed E-state index contributed by atoms with van der Waals surface area (Å²) in [4.78, 5) is 24.0. The molecule has 3 rings (SSSR count). The maximum Gasteiger partial charge on any atom is 0.302 e. The van der Waals surface area contributed by atoms with E-state index in [1.807, 2.05) is 0 Å². The molecule has 2 aliphatic heterocycles. The molecule has 2 heterocycles. The van der Waals surface area contributed by atoms with Gasteiger partial charge in [0.2, 0.25) is 5.91 Å². The van der Waals surface area contributed by atoms with Crippen molar-refractivity contribution < 1.29 is 23.8 Å². The lowest BCUT2D eigenvalue weighted by atomic mass is 9.75. The van der Waals surface area contributed by atoms with E-state index in [1.165, 1.54) is 6.92 Å². The molecule has 0 N–H and O–H groups in total. The van der Waals surface area contributed by atoms with Crippen LogP contribution in [-0.2, 0) is 23.8 Å². The smallest absolute Gasteiger partial charge is 0.302 e. The van der Waals surface area contributed by atoms with E-state index in [4.69, 9.17) is 14.2 Å². The second-order valence-electron chi connectivity index (χ2n) is 7.66. The van der Waals surface area contributed by atoms with Crippen molar-refractivity contribution in [3.63, 3.8) is 0 Å². The minimum absolute atomic E-state index is 0.0562. The van der Waals surface area contributed by atoms with Crippen LogP contribution in [0, 0.1) is 11.8 Å². The Morgan fingerprint density at radius 3 is 2.85 bits per heavy atom. The summed E-state index contributed by atoms with van der Waals surface area (Å²) in [7, 11) is 0. The molecule has 7 nitrogen and oxygen atoms in total. The molecule has 1 aliphatic carbocycles. The molecule has 0 bridgehead atoms. The van der Waals surface area contributed by atoms with E-state index < -0.39 is 0 Å². The lowest BCUT2D eigenvalue weighted by Crippen LogP contribution is -2.46. The predicted molar refractivity (Wildman–Crippen MR) is 100 cm³/mol. The van der Waals surface area contributed by atoms with Gasteiger partial charge < -0.3 is 14.2 Å². The summed E-state index contributed by atoms with van der Waals surface area (Å²) in [6.45, 7) is 3.45. The van der Waals surface area contributed by atoms with Crippen molar-refractivity contribution in [1.82, 2.24) is 5.01 Å². The van der Waals surface area contributed by atoms with E-state index in [0.717, 1.165) is 63.7 Å². The molecule has 3 unspecified atom stereocenters. The monoisotopic (exact) mass is 380 g/mol. The highest BCUT2D eigenvalue weighted by molar-refractivity contribution is 5.96. The Balaban J connectivity index is 1.54. The summed E-state index contributed by atoms with van der Waals surface area (Å²) in [5, 5.41) is 6.28. The van der Waals surface area contributed by atoms with Crippen molar-refractivity contribution in [3.8, 4) is 0 Å². The Morgan fingerprint density at radius 2 is 2.07 bits per heavy atom. The highest BCUT2D eigenvalue weighted by atomic mass is 16.7. The minimum atomic E-state index is -0.270. The first kappa shape index (κ1) is 20.3. The van der Waals surface area contributed by atoms with Gasteiger partial charge >= 0.3 is 5.97 Å². The Hall–Kier alpha value is -1.47. The molecule has 27 heavy (non-hydrogen) atoms. The number of hydrogen-bond donors (Lipinski definition) is 0. The number of hydrogen-bond acceptors (Lipinski definition) is 6. The van der Waals surface area contributed by atoms with Gasteiger partial charge in [0.1, 0.15) is 0 Å². The highest BCUT2D eigenvalue weighted by Crippen LogP contribution is 2.35. The summed E-state index contributed by atoms with van der Waals surface area (Å²) in [6.07, 6.45) is 8.74. The number of hydrazone groups is 1. The minimum Gasteiger partial charge on any atom is -0.466 e. The first-order chi connectivity index (χ1) is 13.1. The average molecular weight is 380 g/mol. The molecule has 3 atom stereocenters. The number of rotatable bonds is 8. The second-order valence-corrected chi connectivity index (χ2v) is 7.66. The average Bonchev–Trinajstić information content (AvgIpc) is 2.68. The molecular weight excluding hydrogens is 348 g/mol. The number of esters is 1. The molecule has 152 valence electrons. The molecule has 2 fully saturated rings. The molecule has 0 aromatic rings. The van der Waals surface area contributed by atoms with E-state index in [1.54, 1.807) is 5.01 Å². The van der Waals surface area contributed by atoms with Gasteiger partial charge in [-0.25, -0.2) is 5.01 Å². The van der Waals surface area contributed by atoms with Crippen molar-refractivity contribution in [1.29, 1.82) is 0 Å². The third kappa shape index (κ3) is 5.75. The Kier molecular flexibility index (Phi) is 7.64. The zero-order valence-corrected chi connectivity index (χ0v) is 16.4. The molecule has 0 spiro atoms. The number of carbonyl (C=O) groups excluding carboxylic acids is 2. The Bertz CT molecular complexity index is 544. The summed E-state index contributed by atoms with van der Waals surface area (Å²) in [5.74, 6) is 0.0111. The van der Waals surface area contributed by atoms with Gasteiger partial charge in [0.05, 0.1) is 19.8 Å². The van der Waals surface area contributed by atoms with Gasteiger partial charge in [-0.1, -0.05) is 6.42 Å². The van der Waals surface area contributed by atoms with E-state index >= 15 is 0 Å². The van der Waals surface area contributed by atoms with E-state index in [2.05, 4.69) is 5.10 Å². The quantitative estimate of drug-likeness (QED) is 0.478. The van der Waals surface area contributed by atoms with E-state index in [9.17, 15) is 9.59 Å². The second kappa shape index (κ2) is 10.2. The predicted octanol–water partition coefficient (Wildman–Crippen LogP) is 2.88. The maximum absolute atomic E-state index is 13.0. The summed E-state index contributed by atoms with van der Waals surface area (Å²) >= 11 is 0. The standard InChI is InChI=1S/C20H32N2O5/c1-15(23)25-13-6-8-17-16-7-2-3-9-18(16)21-22(20(17)24)11-14-27-19-10-4-5-12-26-19/h16-17,19H,2-14H2,1H3. The molecule has 7 heteroatoms. The van der Waals surface area contributed by atoms with Crippen LogP contribution in [0.5, 0.6) is 0 Å². The summed E-state index contributed by atoms with van der Waals surface area (Å²) in [5.41, 5.74) is 1.16. The molecule has 0 radical (unpaired) electrons. The molecule has 0 aromatic carbocycles. The van der Waals surface area contributed by atoms with Crippen molar-refractivity contribution >= 4 is 17.6 Å². The fourth-order valence-electron chi connectivity index (χ4n) is 4.27. The van der Waals surface area contributed by atoms with Crippen molar-refractivity contribution in [2.45, 2.75) is 71.0 Å². The third-order valence-electron chi connectivity index (χ3n) is 5.64. The van der Waals surface area contributed by atoms with Crippen LogP contribution in [0.25, 0.3) is 0 Å². The molecule has 3 aliphatic rings. The van der Waals surface area contributed by atoms with Crippen LogP contribution in [0.3, 0.4) is 0 Å². The van der Waals surface area contributed by atoms with Crippen LogP contribution < -0.4 is 0 Å². The van der Waals surface area contributed by atoms with Gasteiger partial charge in [-0.2, -0.15) is 5.10 Å². The van der Waals surface area contributed by atoms with Gasteiger partial charge in [-0.15, -0.1) is 0 Å². The molecule has 1 saturated carbocycles. The van der Waals surface area contributed by atoms with Crippen LogP contribution in [0.4, 0.5) is 0 Å². The number of nitrogens with zero attached hydrogens (tertiary/aromatic N) is 2. The molecular formula is C20H32N2O5. The van der Waals surface area contributed by atoms with Crippen LogP contribution in [-0.4, -0.2) is 55.3 Å². The zero-order valence-electron chi connectivity index (χ0n) is 16.4. The number of carbonyl (C=O) groups is 2. The van der Waals surface area contributed by atoms with Crippen molar-refractivity contribution in [2.24, 2.45) is 16.9 Å². The fraction of sp³-hybridized carbons (Fsp3) is 0.850. The summed E-state index contributed by atoms with van der Waals surface area (Å²) in [6, 6.07) is 0. The number of fused-ring (bicyclic) bond motifs is 1. The molecule has 1 amide bonds. The zero-order chi connectivity index (χ0) is 19.1. The topological polar surface area (TPSA) is 77.4 Å². The summed E-state index contributed by atoms with van der Waals surface area (Å²) < 4.78 is 16.4. The SMILES string of the molecule is CC(=O)OCCCC1C(=O)N(CCOC2CCCCO2)N=C2CCCCC21. The number of ether oxygens (including phenoxy) is 3. The molecule has 1 saturated heterocycles. The van der Waals surface area contributed by atoms with Gasteiger partial charge in [0.15, 0.2) is 6.29 Å². The maximum atomic E-state index is 13.0. The van der Waals surface area contributed by atoms with Crippen LogP contribution in [0.2, 0.25) is 0 Å². The van der Waals surface area contributed by atoms with Crippen LogP contribution in [0.1, 0.15) is 64.7 Å². The normalized spacial score (nSPS) is 28.5. The Labute approximate surface area is 161 Å². The number of amides is 1. The van der Waals surface area contributed by atoms with Gasteiger partial charge in [-0.3, -0.25) is 9.59 Å². The highest BCUT2D eigenvalue weighted by Gasteiger charge is 2.39.